The van der Waals surface area contributed by atoms with Gasteiger partial charge < -0.3 is 9.84 Å². The number of aliphatic hydroxyl groups is 1. The first-order valence-corrected chi connectivity index (χ1v) is 4.10. The van der Waals surface area contributed by atoms with Gasteiger partial charge in [-0.05, 0) is 30.0 Å². The van der Waals surface area contributed by atoms with Gasteiger partial charge in [0, 0.05) is 5.56 Å². The molecule has 0 unspecified atom stereocenters. The lowest BCUT2D eigenvalue weighted by Gasteiger charge is -1.97. The van der Waals surface area contributed by atoms with Crippen LogP contribution in [0.25, 0.3) is 0 Å². The van der Waals surface area contributed by atoms with Crippen LogP contribution in [-0.4, -0.2) is 18.8 Å². The standard InChI is InChI=1S/C12H10O2/c1-14-12-8-5-7-11(10-12)6-3-2-4-9-13/h5,7-8,10,13H,9H2,1H3. The minimum Gasteiger partial charge on any atom is -0.497 e. The molecule has 0 aliphatic carbocycles. The third kappa shape index (κ3) is 3.23. The number of hydrogen-bond donors (Lipinski definition) is 1. The number of benzene rings is 1. The van der Waals surface area contributed by atoms with Gasteiger partial charge in [0.25, 0.3) is 0 Å². The number of rotatable bonds is 1. The smallest absolute Gasteiger partial charge is 0.120 e. The van der Waals surface area contributed by atoms with Crippen LogP contribution >= 0.6 is 0 Å². The third-order valence-corrected chi connectivity index (χ3v) is 1.51. The van der Waals surface area contributed by atoms with E-state index in [1.165, 1.54) is 0 Å². The molecule has 0 saturated carbocycles. The molecule has 0 radical (unpaired) electrons. The third-order valence-electron chi connectivity index (χ3n) is 1.51. The Morgan fingerprint density at radius 3 is 2.93 bits per heavy atom. The summed E-state index contributed by atoms with van der Waals surface area (Å²) >= 11 is 0. The molecule has 0 aromatic heterocycles. The quantitative estimate of drug-likeness (QED) is 0.664. The van der Waals surface area contributed by atoms with Gasteiger partial charge in [0.1, 0.15) is 12.4 Å². The van der Waals surface area contributed by atoms with Crippen molar-refractivity contribution < 1.29 is 9.84 Å². The zero-order valence-corrected chi connectivity index (χ0v) is 7.87. The van der Waals surface area contributed by atoms with Crippen LogP contribution in [0, 0.1) is 23.7 Å². The summed E-state index contributed by atoms with van der Waals surface area (Å²) in [7, 11) is 1.61. The zero-order chi connectivity index (χ0) is 10.2. The summed E-state index contributed by atoms with van der Waals surface area (Å²) in [5.74, 6) is 11.2. The number of hydrogen-bond acceptors (Lipinski definition) is 2. The minimum atomic E-state index is -0.160. The van der Waals surface area contributed by atoms with Crippen LogP contribution in [0.3, 0.4) is 0 Å². The van der Waals surface area contributed by atoms with Crippen molar-refractivity contribution in [1.29, 1.82) is 0 Å². The molecule has 0 bridgehead atoms. The lowest BCUT2D eigenvalue weighted by molar-refractivity contribution is 0.350. The van der Waals surface area contributed by atoms with E-state index >= 15 is 0 Å². The maximum Gasteiger partial charge on any atom is 0.120 e. The van der Waals surface area contributed by atoms with Crippen LogP contribution < -0.4 is 4.74 Å². The lowest BCUT2D eigenvalue weighted by atomic mass is 10.2. The Morgan fingerprint density at radius 1 is 1.36 bits per heavy atom. The molecule has 0 spiro atoms. The molecule has 2 heteroatoms. The molecular weight excluding hydrogens is 176 g/mol. The summed E-state index contributed by atoms with van der Waals surface area (Å²) in [6.45, 7) is -0.160. The largest absolute Gasteiger partial charge is 0.497 e. The summed E-state index contributed by atoms with van der Waals surface area (Å²) in [6, 6.07) is 7.41. The molecular formula is C12H10O2. The SMILES string of the molecule is COc1cccc(C#CC#CCO)c1. The van der Waals surface area contributed by atoms with Crippen molar-refractivity contribution in [1.82, 2.24) is 0 Å². The number of aliphatic hydroxyl groups excluding tert-OH is 1. The molecule has 0 heterocycles. The van der Waals surface area contributed by atoms with E-state index in [9.17, 15) is 0 Å². The molecule has 0 atom stereocenters. The van der Waals surface area contributed by atoms with E-state index in [-0.39, 0.29) is 6.61 Å². The summed E-state index contributed by atoms with van der Waals surface area (Å²) in [5, 5.41) is 8.38. The fourth-order valence-corrected chi connectivity index (χ4v) is 0.888. The van der Waals surface area contributed by atoms with E-state index in [0.717, 1.165) is 11.3 Å². The van der Waals surface area contributed by atoms with Crippen molar-refractivity contribution in [2.45, 2.75) is 0 Å². The Hall–Kier alpha value is -1.90. The zero-order valence-electron chi connectivity index (χ0n) is 7.87. The van der Waals surface area contributed by atoms with Crippen LogP contribution in [0.4, 0.5) is 0 Å². The molecule has 2 nitrogen and oxygen atoms in total. The minimum absolute atomic E-state index is 0.160. The van der Waals surface area contributed by atoms with Crippen molar-refractivity contribution in [2.24, 2.45) is 0 Å². The van der Waals surface area contributed by atoms with Gasteiger partial charge in [-0.3, -0.25) is 0 Å². The van der Waals surface area contributed by atoms with Gasteiger partial charge in [0.05, 0.1) is 7.11 Å². The van der Waals surface area contributed by atoms with Crippen LogP contribution in [-0.2, 0) is 0 Å². The Morgan fingerprint density at radius 2 is 2.21 bits per heavy atom. The van der Waals surface area contributed by atoms with Crippen molar-refractivity contribution >= 4 is 0 Å². The summed E-state index contributed by atoms with van der Waals surface area (Å²) < 4.78 is 5.04. The second-order valence-electron chi connectivity index (χ2n) is 2.44. The van der Waals surface area contributed by atoms with Gasteiger partial charge in [-0.15, -0.1) is 0 Å². The molecule has 1 aromatic rings. The molecule has 1 rings (SSSR count). The first-order chi connectivity index (χ1) is 6.86. The lowest BCUT2D eigenvalue weighted by Crippen LogP contribution is -1.82. The predicted octanol–water partition coefficient (Wildman–Crippen LogP) is 1.04. The van der Waals surface area contributed by atoms with Crippen molar-refractivity contribution in [3.05, 3.63) is 29.8 Å². The Kier molecular flexibility index (Phi) is 4.14. The first kappa shape index (κ1) is 10.2. The molecule has 0 saturated heterocycles. The topological polar surface area (TPSA) is 29.5 Å². The highest BCUT2D eigenvalue weighted by atomic mass is 16.5. The van der Waals surface area contributed by atoms with Gasteiger partial charge in [0.2, 0.25) is 0 Å². The molecule has 0 amide bonds. The van der Waals surface area contributed by atoms with Gasteiger partial charge in [-0.1, -0.05) is 17.9 Å². The predicted molar refractivity (Wildman–Crippen MR) is 54.7 cm³/mol. The van der Waals surface area contributed by atoms with E-state index < -0.39 is 0 Å². The van der Waals surface area contributed by atoms with E-state index in [0.29, 0.717) is 0 Å². The summed E-state index contributed by atoms with van der Waals surface area (Å²) in [6.07, 6.45) is 0. The van der Waals surface area contributed by atoms with Gasteiger partial charge in [0.15, 0.2) is 0 Å². The maximum absolute atomic E-state index is 8.38. The second kappa shape index (κ2) is 5.70. The Labute approximate surface area is 83.5 Å². The molecule has 0 aliphatic rings. The highest BCUT2D eigenvalue weighted by Gasteiger charge is 1.90. The normalized spacial score (nSPS) is 7.86. The highest BCUT2D eigenvalue weighted by molar-refractivity contribution is 5.43. The van der Waals surface area contributed by atoms with Crippen LogP contribution in [0.1, 0.15) is 5.56 Å². The molecule has 1 aromatic carbocycles. The molecule has 70 valence electrons. The molecule has 0 fully saturated rings. The summed E-state index contributed by atoms with van der Waals surface area (Å²) in [5.41, 5.74) is 0.844. The van der Waals surface area contributed by atoms with Crippen LogP contribution in [0.5, 0.6) is 5.75 Å². The second-order valence-corrected chi connectivity index (χ2v) is 2.44. The Balaban J connectivity index is 2.79. The average Bonchev–Trinajstić information content (AvgIpc) is 2.25. The van der Waals surface area contributed by atoms with Crippen molar-refractivity contribution in [2.75, 3.05) is 13.7 Å². The highest BCUT2D eigenvalue weighted by Crippen LogP contribution is 2.10. The Bertz CT molecular complexity index is 413. The number of methoxy groups -OCH3 is 1. The van der Waals surface area contributed by atoms with Crippen LogP contribution in [0.2, 0.25) is 0 Å². The molecule has 0 aliphatic heterocycles. The van der Waals surface area contributed by atoms with Crippen molar-refractivity contribution in [3.8, 4) is 29.4 Å². The van der Waals surface area contributed by atoms with Crippen molar-refractivity contribution in [3.63, 3.8) is 0 Å². The fourth-order valence-electron chi connectivity index (χ4n) is 0.888. The first-order valence-electron chi connectivity index (χ1n) is 4.10. The van der Waals surface area contributed by atoms with E-state index in [1.54, 1.807) is 7.11 Å². The maximum atomic E-state index is 8.38. The monoisotopic (exact) mass is 186 g/mol. The van der Waals surface area contributed by atoms with E-state index in [1.807, 2.05) is 24.3 Å². The van der Waals surface area contributed by atoms with E-state index in [4.69, 9.17) is 9.84 Å². The fraction of sp³-hybridized carbons (Fsp3) is 0.167. The van der Waals surface area contributed by atoms with Crippen LogP contribution in [0.15, 0.2) is 24.3 Å². The number of ether oxygens (including phenoxy) is 1. The average molecular weight is 186 g/mol. The summed E-state index contributed by atoms with van der Waals surface area (Å²) in [4.78, 5) is 0. The van der Waals surface area contributed by atoms with Gasteiger partial charge in [-0.25, -0.2) is 0 Å². The molecule has 1 N–H and O–H groups in total. The van der Waals surface area contributed by atoms with E-state index in [2.05, 4.69) is 23.7 Å². The molecule has 14 heavy (non-hydrogen) atoms. The van der Waals surface area contributed by atoms with Gasteiger partial charge in [-0.2, -0.15) is 0 Å². The van der Waals surface area contributed by atoms with Gasteiger partial charge >= 0.3 is 0 Å².